The first-order chi connectivity index (χ1) is 14.3. The van der Waals surface area contributed by atoms with Crippen molar-refractivity contribution in [1.82, 2.24) is 14.5 Å². The third-order valence-corrected chi connectivity index (χ3v) is 4.54. The average molecular weight is 436 g/mol. The van der Waals surface area contributed by atoms with Gasteiger partial charge in [0.05, 0.1) is 16.3 Å². The fourth-order valence-corrected chi connectivity index (χ4v) is 3.06. The van der Waals surface area contributed by atoms with Crippen LogP contribution in [0.25, 0.3) is 16.7 Å². The summed E-state index contributed by atoms with van der Waals surface area (Å²) in [6, 6.07) is 10.7. The van der Waals surface area contributed by atoms with E-state index in [1.165, 1.54) is 36.5 Å². The highest BCUT2D eigenvalue weighted by molar-refractivity contribution is 6.32. The summed E-state index contributed by atoms with van der Waals surface area (Å²) in [6.07, 6.45) is -3.31. The fraction of sp³-hybridized carbons (Fsp3) is 0.0500. The van der Waals surface area contributed by atoms with Crippen molar-refractivity contribution in [1.29, 1.82) is 0 Å². The molecule has 0 spiro atoms. The number of aromatic nitrogens is 3. The maximum atomic E-state index is 13.3. The van der Waals surface area contributed by atoms with E-state index in [4.69, 9.17) is 16.3 Å². The number of pyridine rings is 1. The monoisotopic (exact) mass is 435 g/mol. The molecule has 0 fully saturated rings. The van der Waals surface area contributed by atoms with Crippen molar-refractivity contribution in [3.8, 4) is 17.4 Å². The number of nitrogens with zero attached hydrogens (tertiary/aromatic N) is 3. The molecule has 0 aliphatic carbocycles. The summed E-state index contributed by atoms with van der Waals surface area (Å²) < 4.78 is 59.4. The van der Waals surface area contributed by atoms with Gasteiger partial charge in [0.25, 0.3) is 5.56 Å². The molecule has 0 unspecified atom stereocenters. The van der Waals surface area contributed by atoms with Gasteiger partial charge in [-0.15, -0.1) is 0 Å². The predicted octanol–water partition coefficient (Wildman–Crippen LogP) is 5.38. The Balaban J connectivity index is 1.94. The molecule has 2 heterocycles. The van der Waals surface area contributed by atoms with Crippen molar-refractivity contribution in [2.45, 2.75) is 6.18 Å². The second-order valence-electron chi connectivity index (χ2n) is 6.10. The van der Waals surface area contributed by atoms with Crippen LogP contribution in [0.3, 0.4) is 0 Å². The molecule has 152 valence electrons. The van der Waals surface area contributed by atoms with E-state index in [-0.39, 0.29) is 28.5 Å². The number of fused-ring (bicyclic) bond motifs is 1. The number of halogens is 5. The zero-order valence-corrected chi connectivity index (χ0v) is 15.6. The molecule has 4 rings (SSSR count). The highest BCUT2D eigenvalue weighted by atomic mass is 35.5. The first kappa shape index (κ1) is 19.8. The van der Waals surface area contributed by atoms with Crippen LogP contribution in [0.15, 0.2) is 65.6 Å². The van der Waals surface area contributed by atoms with E-state index in [1.807, 2.05) is 0 Å². The van der Waals surface area contributed by atoms with Gasteiger partial charge in [0.2, 0.25) is 0 Å². The van der Waals surface area contributed by atoms with E-state index in [9.17, 15) is 22.4 Å². The molecule has 0 saturated heterocycles. The van der Waals surface area contributed by atoms with E-state index in [0.717, 1.165) is 28.8 Å². The molecule has 0 aliphatic rings. The van der Waals surface area contributed by atoms with Gasteiger partial charge in [0, 0.05) is 6.20 Å². The minimum atomic E-state index is -4.70. The minimum absolute atomic E-state index is 0.00399. The molecule has 0 aliphatic heterocycles. The Kier molecular flexibility index (Phi) is 4.90. The molecular formula is C20H10ClF4N3O2. The van der Waals surface area contributed by atoms with Crippen molar-refractivity contribution in [2.75, 3.05) is 0 Å². The van der Waals surface area contributed by atoms with Crippen LogP contribution in [-0.2, 0) is 6.18 Å². The van der Waals surface area contributed by atoms with Gasteiger partial charge in [-0.25, -0.2) is 13.9 Å². The van der Waals surface area contributed by atoms with Gasteiger partial charge in [0.1, 0.15) is 17.1 Å². The second-order valence-corrected chi connectivity index (χ2v) is 6.48. The van der Waals surface area contributed by atoms with E-state index in [0.29, 0.717) is 0 Å². The van der Waals surface area contributed by atoms with E-state index >= 15 is 0 Å². The quantitative estimate of drug-likeness (QED) is 0.405. The van der Waals surface area contributed by atoms with Crippen LogP contribution in [0.2, 0.25) is 5.02 Å². The lowest BCUT2D eigenvalue weighted by molar-refractivity contribution is -0.137. The SMILES string of the molecule is O=c1c2ncccc2nc(Oc2cccc(C(F)(F)F)c2Cl)n1-c1ccc(F)cc1. The summed E-state index contributed by atoms with van der Waals surface area (Å²) >= 11 is 5.90. The van der Waals surface area contributed by atoms with Crippen LogP contribution in [0.4, 0.5) is 17.6 Å². The Labute approximate surface area is 171 Å². The molecule has 0 amide bonds. The van der Waals surface area contributed by atoms with Crippen molar-refractivity contribution in [3.05, 3.63) is 87.6 Å². The van der Waals surface area contributed by atoms with Gasteiger partial charge in [-0.1, -0.05) is 17.7 Å². The number of hydrogen-bond donors (Lipinski definition) is 0. The van der Waals surface area contributed by atoms with Crippen molar-refractivity contribution in [3.63, 3.8) is 0 Å². The standard InChI is InChI=1S/C20H10ClF4N3O2/c21-16-13(20(23,24)25)3-1-5-15(16)30-19-27-14-4-2-10-26-17(14)18(29)28(19)12-8-6-11(22)7-9-12/h1-10H. The number of ether oxygens (including phenoxy) is 1. The number of benzene rings is 2. The summed E-state index contributed by atoms with van der Waals surface area (Å²) in [5, 5.41) is -0.684. The van der Waals surface area contributed by atoms with Gasteiger partial charge < -0.3 is 4.74 Å². The molecule has 2 aromatic carbocycles. The molecular weight excluding hydrogens is 426 g/mol. The molecule has 2 aromatic heterocycles. The normalized spacial score (nSPS) is 11.6. The molecule has 10 heteroatoms. The van der Waals surface area contributed by atoms with E-state index < -0.39 is 28.1 Å². The first-order valence-corrected chi connectivity index (χ1v) is 8.81. The van der Waals surface area contributed by atoms with Crippen LogP contribution in [0, 0.1) is 5.82 Å². The van der Waals surface area contributed by atoms with Crippen LogP contribution >= 0.6 is 11.6 Å². The maximum Gasteiger partial charge on any atom is 0.417 e. The van der Waals surface area contributed by atoms with Crippen molar-refractivity contribution >= 4 is 22.6 Å². The number of alkyl halides is 3. The summed E-state index contributed by atoms with van der Waals surface area (Å²) in [5.41, 5.74) is -1.40. The van der Waals surface area contributed by atoms with Crippen LogP contribution in [0.1, 0.15) is 5.56 Å². The van der Waals surface area contributed by atoms with Gasteiger partial charge in [0.15, 0.2) is 5.52 Å². The Morgan fingerprint density at radius 2 is 1.73 bits per heavy atom. The number of hydrogen-bond acceptors (Lipinski definition) is 4. The third kappa shape index (κ3) is 3.59. The summed E-state index contributed by atoms with van der Waals surface area (Å²) in [4.78, 5) is 21.2. The van der Waals surface area contributed by atoms with Gasteiger partial charge in [-0.2, -0.15) is 18.2 Å². The Bertz CT molecular complexity index is 1300. The first-order valence-electron chi connectivity index (χ1n) is 8.43. The van der Waals surface area contributed by atoms with Gasteiger partial charge in [-0.3, -0.25) is 4.79 Å². The molecule has 0 N–H and O–H groups in total. The zero-order valence-electron chi connectivity index (χ0n) is 14.8. The average Bonchev–Trinajstić information content (AvgIpc) is 2.70. The van der Waals surface area contributed by atoms with Crippen LogP contribution in [-0.4, -0.2) is 14.5 Å². The summed E-state index contributed by atoms with van der Waals surface area (Å²) in [5.74, 6) is -0.889. The fourth-order valence-electron chi connectivity index (χ4n) is 2.79. The predicted molar refractivity (Wildman–Crippen MR) is 102 cm³/mol. The molecule has 5 nitrogen and oxygen atoms in total. The van der Waals surface area contributed by atoms with Crippen LogP contribution < -0.4 is 10.3 Å². The van der Waals surface area contributed by atoms with Crippen molar-refractivity contribution < 1.29 is 22.3 Å². The molecule has 0 bridgehead atoms. The zero-order chi connectivity index (χ0) is 21.5. The Morgan fingerprint density at radius 3 is 2.43 bits per heavy atom. The summed E-state index contributed by atoms with van der Waals surface area (Å²) in [7, 11) is 0. The largest absolute Gasteiger partial charge is 0.424 e. The maximum absolute atomic E-state index is 13.3. The molecule has 0 radical (unpaired) electrons. The molecule has 30 heavy (non-hydrogen) atoms. The summed E-state index contributed by atoms with van der Waals surface area (Å²) in [6.45, 7) is 0. The molecule has 0 saturated carbocycles. The lowest BCUT2D eigenvalue weighted by atomic mass is 10.2. The van der Waals surface area contributed by atoms with Crippen molar-refractivity contribution in [2.24, 2.45) is 0 Å². The van der Waals surface area contributed by atoms with E-state index in [2.05, 4.69) is 9.97 Å². The Hall–Kier alpha value is -3.46. The molecule has 0 atom stereocenters. The topological polar surface area (TPSA) is 57.0 Å². The second kappa shape index (κ2) is 7.42. The number of rotatable bonds is 3. The Morgan fingerprint density at radius 1 is 1.00 bits per heavy atom. The smallest absolute Gasteiger partial charge is 0.417 e. The molecule has 4 aromatic rings. The lowest BCUT2D eigenvalue weighted by Crippen LogP contribution is -2.22. The highest BCUT2D eigenvalue weighted by Gasteiger charge is 2.34. The lowest BCUT2D eigenvalue weighted by Gasteiger charge is -2.16. The highest BCUT2D eigenvalue weighted by Crippen LogP contribution is 2.40. The van der Waals surface area contributed by atoms with E-state index in [1.54, 1.807) is 0 Å². The third-order valence-electron chi connectivity index (χ3n) is 4.15. The van der Waals surface area contributed by atoms with Crippen LogP contribution in [0.5, 0.6) is 11.8 Å². The minimum Gasteiger partial charge on any atom is -0.424 e. The van der Waals surface area contributed by atoms with Gasteiger partial charge in [-0.05, 0) is 48.5 Å². The van der Waals surface area contributed by atoms with Gasteiger partial charge >= 0.3 is 12.2 Å².